The lowest BCUT2D eigenvalue weighted by Crippen LogP contribution is -2.44. The fraction of sp³-hybridized carbons (Fsp3) is 0.833. The van der Waals surface area contributed by atoms with E-state index in [1.165, 1.54) is 0 Å². The molecule has 0 aromatic rings. The molecule has 0 aliphatic carbocycles. The van der Waals surface area contributed by atoms with Gasteiger partial charge in [-0.1, -0.05) is 0 Å². The number of thioether (sulfide) groups is 1. The van der Waals surface area contributed by atoms with Crippen molar-refractivity contribution in [1.29, 1.82) is 5.26 Å². The number of amides is 1. The van der Waals surface area contributed by atoms with Gasteiger partial charge in [-0.05, 0) is 37.7 Å². The number of nitriles is 1. The second kappa shape index (κ2) is 7.57. The van der Waals surface area contributed by atoms with Crippen LogP contribution in [0.3, 0.4) is 0 Å². The first kappa shape index (κ1) is 14.3. The van der Waals surface area contributed by atoms with Crippen molar-refractivity contribution in [1.82, 2.24) is 5.32 Å². The van der Waals surface area contributed by atoms with Gasteiger partial charge in [0.05, 0.1) is 6.07 Å². The quantitative estimate of drug-likeness (QED) is 0.733. The van der Waals surface area contributed by atoms with E-state index in [0.29, 0.717) is 32.6 Å². The van der Waals surface area contributed by atoms with Crippen LogP contribution < -0.4 is 5.32 Å². The molecule has 1 fully saturated rings. The van der Waals surface area contributed by atoms with Gasteiger partial charge in [0.1, 0.15) is 5.41 Å². The molecule has 0 aromatic carbocycles. The molecular formula is C12H20N2O2S. The SMILES string of the molecule is CSCCCCNC(=O)C1(C#N)CCOCC1. The summed E-state index contributed by atoms with van der Waals surface area (Å²) in [5, 5.41) is 12.1. The van der Waals surface area contributed by atoms with E-state index in [9.17, 15) is 10.1 Å². The van der Waals surface area contributed by atoms with E-state index in [2.05, 4.69) is 17.6 Å². The van der Waals surface area contributed by atoms with E-state index < -0.39 is 5.41 Å². The minimum atomic E-state index is -0.849. The lowest BCUT2D eigenvalue weighted by atomic mass is 9.81. The molecule has 17 heavy (non-hydrogen) atoms. The first-order valence-corrected chi connectivity index (χ1v) is 7.41. The van der Waals surface area contributed by atoms with Crippen molar-refractivity contribution in [3.05, 3.63) is 0 Å². The van der Waals surface area contributed by atoms with Gasteiger partial charge in [-0.3, -0.25) is 4.79 Å². The summed E-state index contributed by atoms with van der Waals surface area (Å²) < 4.78 is 5.20. The number of unbranched alkanes of at least 4 members (excludes halogenated alkanes) is 1. The van der Waals surface area contributed by atoms with Crippen LogP contribution in [0, 0.1) is 16.7 Å². The number of nitrogens with one attached hydrogen (secondary N) is 1. The highest BCUT2D eigenvalue weighted by Gasteiger charge is 2.40. The molecule has 1 aliphatic heterocycles. The highest BCUT2D eigenvalue weighted by molar-refractivity contribution is 7.98. The van der Waals surface area contributed by atoms with Crippen LogP contribution in [-0.2, 0) is 9.53 Å². The van der Waals surface area contributed by atoms with Gasteiger partial charge in [0.15, 0.2) is 0 Å². The minimum Gasteiger partial charge on any atom is -0.381 e. The Bertz CT molecular complexity index is 283. The van der Waals surface area contributed by atoms with Gasteiger partial charge in [0.2, 0.25) is 5.91 Å². The van der Waals surface area contributed by atoms with Crippen LogP contribution >= 0.6 is 11.8 Å². The molecule has 0 saturated carbocycles. The van der Waals surface area contributed by atoms with Crippen LogP contribution in [0.5, 0.6) is 0 Å². The summed E-state index contributed by atoms with van der Waals surface area (Å²) in [7, 11) is 0. The molecule has 0 aromatic heterocycles. The molecule has 0 atom stereocenters. The predicted octanol–water partition coefficient (Wildman–Crippen LogP) is 1.57. The summed E-state index contributed by atoms with van der Waals surface area (Å²) in [6.45, 7) is 1.69. The lowest BCUT2D eigenvalue weighted by molar-refractivity contribution is -0.132. The molecule has 1 heterocycles. The summed E-state index contributed by atoms with van der Waals surface area (Å²) in [5.74, 6) is 1.00. The Labute approximate surface area is 107 Å². The van der Waals surface area contributed by atoms with Gasteiger partial charge < -0.3 is 10.1 Å². The number of nitrogens with zero attached hydrogens (tertiary/aromatic N) is 1. The zero-order valence-corrected chi connectivity index (χ0v) is 11.1. The first-order valence-electron chi connectivity index (χ1n) is 6.01. The molecule has 4 nitrogen and oxygen atoms in total. The lowest BCUT2D eigenvalue weighted by Gasteiger charge is -2.29. The summed E-state index contributed by atoms with van der Waals surface area (Å²) >= 11 is 1.81. The standard InChI is InChI=1S/C12H20N2O2S/c1-17-9-3-2-6-14-11(15)12(10-13)4-7-16-8-5-12/h2-9H2,1H3,(H,14,15). The monoisotopic (exact) mass is 256 g/mol. The van der Waals surface area contributed by atoms with E-state index >= 15 is 0 Å². The minimum absolute atomic E-state index is 0.118. The van der Waals surface area contributed by atoms with Crippen LogP contribution in [0.1, 0.15) is 25.7 Å². The Morgan fingerprint density at radius 3 is 2.76 bits per heavy atom. The van der Waals surface area contributed by atoms with Crippen molar-refractivity contribution in [2.24, 2.45) is 5.41 Å². The van der Waals surface area contributed by atoms with E-state index in [1.807, 2.05) is 11.8 Å². The molecule has 0 radical (unpaired) electrons. The van der Waals surface area contributed by atoms with E-state index in [0.717, 1.165) is 18.6 Å². The average Bonchev–Trinajstić information content (AvgIpc) is 2.39. The van der Waals surface area contributed by atoms with Crippen molar-refractivity contribution in [3.8, 4) is 6.07 Å². The first-order chi connectivity index (χ1) is 8.25. The van der Waals surface area contributed by atoms with Crippen molar-refractivity contribution >= 4 is 17.7 Å². The van der Waals surface area contributed by atoms with E-state index in [4.69, 9.17) is 4.74 Å². The summed E-state index contributed by atoms with van der Waals surface area (Å²) in [5.41, 5.74) is -0.849. The normalized spacial score (nSPS) is 18.4. The van der Waals surface area contributed by atoms with Gasteiger partial charge >= 0.3 is 0 Å². The Hall–Kier alpha value is -0.730. The Balaban J connectivity index is 2.32. The molecule has 0 spiro atoms. The number of hydrogen-bond acceptors (Lipinski definition) is 4. The third-order valence-electron chi connectivity index (χ3n) is 3.06. The maximum absolute atomic E-state index is 12.0. The van der Waals surface area contributed by atoms with Crippen molar-refractivity contribution in [2.75, 3.05) is 31.8 Å². The largest absolute Gasteiger partial charge is 0.381 e. The topological polar surface area (TPSA) is 62.1 Å². The summed E-state index contributed by atoms with van der Waals surface area (Å²) in [6.07, 6.45) is 5.18. The van der Waals surface area contributed by atoms with Gasteiger partial charge in [0.25, 0.3) is 0 Å². The maximum atomic E-state index is 12.0. The maximum Gasteiger partial charge on any atom is 0.240 e. The van der Waals surface area contributed by atoms with Crippen LogP contribution in [-0.4, -0.2) is 37.7 Å². The van der Waals surface area contributed by atoms with Crippen LogP contribution in [0.25, 0.3) is 0 Å². The Morgan fingerprint density at radius 2 is 2.18 bits per heavy atom. The molecule has 96 valence electrons. The smallest absolute Gasteiger partial charge is 0.240 e. The average molecular weight is 256 g/mol. The highest BCUT2D eigenvalue weighted by Crippen LogP contribution is 2.29. The molecule has 1 amide bonds. The fourth-order valence-corrected chi connectivity index (χ4v) is 2.34. The fourth-order valence-electron chi connectivity index (χ4n) is 1.85. The molecule has 1 rings (SSSR count). The van der Waals surface area contributed by atoms with Crippen LogP contribution in [0.15, 0.2) is 0 Å². The number of carbonyl (C=O) groups is 1. The van der Waals surface area contributed by atoms with Gasteiger partial charge in [-0.25, -0.2) is 0 Å². The second-order valence-corrected chi connectivity index (χ2v) is 5.25. The molecule has 0 bridgehead atoms. The molecule has 5 heteroatoms. The Kier molecular flexibility index (Phi) is 6.38. The number of carbonyl (C=O) groups excluding carboxylic acids is 1. The van der Waals surface area contributed by atoms with Crippen molar-refractivity contribution in [2.45, 2.75) is 25.7 Å². The van der Waals surface area contributed by atoms with Crippen LogP contribution in [0.4, 0.5) is 0 Å². The molecule has 1 N–H and O–H groups in total. The van der Waals surface area contributed by atoms with Gasteiger partial charge in [-0.15, -0.1) is 0 Å². The summed E-state index contributed by atoms with van der Waals surface area (Å²) in [6, 6.07) is 2.17. The van der Waals surface area contributed by atoms with Gasteiger partial charge in [0, 0.05) is 19.8 Å². The van der Waals surface area contributed by atoms with Crippen molar-refractivity contribution in [3.63, 3.8) is 0 Å². The summed E-state index contributed by atoms with van der Waals surface area (Å²) in [4.78, 5) is 12.0. The zero-order chi connectivity index (χ0) is 12.6. The van der Waals surface area contributed by atoms with E-state index in [1.54, 1.807) is 0 Å². The molecule has 0 unspecified atom stereocenters. The van der Waals surface area contributed by atoms with Crippen molar-refractivity contribution < 1.29 is 9.53 Å². The third kappa shape index (κ3) is 4.21. The molecule has 1 saturated heterocycles. The van der Waals surface area contributed by atoms with Crippen LogP contribution in [0.2, 0.25) is 0 Å². The Morgan fingerprint density at radius 1 is 1.47 bits per heavy atom. The second-order valence-electron chi connectivity index (χ2n) is 4.26. The highest BCUT2D eigenvalue weighted by atomic mass is 32.2. The van der Waals surface area contributed by atoms with E-state index in [-0.39, 0.29) is 5.91 Å². The number of hydrogen-bond donors (Lipinski definition) is 1. The molecular weight excluding hydrogens is 236 g/mol. The number of ether oxygens (including phenoxy) is 1. The number of rotatable bonds is 6. The predicted molar refractivity (Wildman–Crippen MR) is 68.7 cm³/mol. The third-order valence-corrected chi connectivity index (χ3v) is 3.75. The van der Waals surface area contributed by atoms with Gasteiger partial charge in [-0.2, -0.15) is 17.0 Å². The zero-order valence-electron chi connectivity index (χ0n) is 10.3. The molecule has 1 aliphatic rings.